The topological polar surface area (TPSA) is 132 Å². The van der Waals surface area contributed by atoms with E-state index in [-0.39, 0.29) is 30.8 Å². The zero-order chi connectivity index (χ0) is 30.8. The molecule has 1 aliphatic rings. The largest absolute Gasteiger partial charge is 0.467 e. The van der Waals surface area contributed by atoms with Crippen LogP contribution in [0.4, 0.5) is 4.79 Å². The zero-order valence-corrected chi connectivity index (χ0v) is 25.4. The van der Waals surface area contributed by atoms with Crippen molar-refractivity contribution in [3.63, 3.8) is 0 Å². The highest BCUT2D eigenvalue weighted by Crippen LogP contribution is 2.28. The molecule has 2 rings (SSSR count). The number of unbranched alkanes of at least 4 members (excludes halogenated alkanes) is 1. The van der Waals surface area contributed by atoms with Gasteiger partial charge in [-0.2, -0.15) is 0 Å². The van der Waals surface area contributed by atoms with Gasteiger partial charge in [0.2, 0.25) is 0 Å². The smallest absolute Gasteiger partial charge is 0.411 e. The maximum atomic E-state index is 13.2. The maximum absolute atomic E-state index is 13.2. The highest BCUT2D eigenvalue weighted by atomic mass is 16.6. The van der Waals surface area contributed by atoms with Gasteiger partial charge >= 0.3 is 18.0 Å². The van der Waals surface area contributed by atoms with Crippen LogP contribution in [0.25, 0.3) is 0 Å². The van der Waals surface area contributed by atoms with Crippen molar-refractivity contribution in [2.24, 2.45) is 5.41 Å². The average molecular weight is 576 g/mol. The minimum absolute atomic E-state index is 0.170. The highest BCUT2D eigenvalue weighted by Gasteiger charge is 2.41. The van der Waals surface area contributed by atoms with E-state index in [1.165, 1.54) is 24.1 Å². The molecule has 1 fully saturated rings. The quantitative estimate of drug-likeness (QED) is 0.172. The number of hydrogen-bond donors (Lipinski definition) is 1. The number of hydrogen-bond acceptors (Lipinski definition) is 9. The summed E-state index contributed by atoms with van der Waals surface area (Å²) in [5.74, 6) is -1.64. The molecule has 0 aromatic heterocycles. The Kier molecular flexibility index (Phi) is 12.3. The van der Waals surface area contributed by atoms with Crippen molar-refractivity contribution in [3.05, 3.63) is 35.4 Å². The van der Waals surface area contributed by atoms with E-state index >= 15 is 0 Å². The molecule has 0 saturated carbocycles. The molecule has 1 saturated heterocycles. The van der Waals surface area contributed by atoms with E-state index in [4.69, 9.17) is 14.2 Å². The molecule has 2 atom stereocenters. The van der Waals surface area contributed by atoms with E-state index in [1.807, 2.05) is 25.7 Å². The maximum Gasteiger partial charge on any atom is 0.411 e. The van der Waals surface area contributed by atoms with Crippen LogP contribution in [0, 0.1) is 5.41 Å². The molecule has 1 aromatic carbocycles. The second-order valence-corrected chi connectivity index (χ2v) is 11.9. The summed E-state index contributed by atoms with van der Waals surface area (Å²) in [5.41, 5.74) is -1.09. The van der Waals surface area contributed by atoms with Gasteiger partial charge in [-0.1, -0.05) is 45.4 Å². The van der Waals surface area contributed by atoms with Gasteiger partial charge in [0, 0.05) is 30.8 Å². The van der Waals surface area contributed by atoms with Crippen LogP contribution < -0.4 is 5.32 Å². The molecule has 1 unspecified atom stereocenters. The van der Waals surface area contributed by atoms with E-state index in [1.54, 1.807) is 32.9 Å². The Morgan fingerprint density at radius 2 is 1.78 bits per heavy atom. The first-order chi connectivity index (χ1) is 19.2. The molecule has 1 heterocycles. The Labute approximate surface area is 242 Å². The van der Waals surface area contributed by atoms with Gasteiger partial charge in [0.15, 0.2) is 6.29 Å². The van der Waals surface area contributed by atoms with Gasteiger partial charge in [-0.15, -0.1) is 0 Å². The summed E-state index contributed by atoms with van der Waals surface area (Å²) in [6, 6.07) is 4.53. The van der Waals surface area contributed by atoms with Crippen LogP contribution in [0.5, 0.6) is 0 Å². The van der Waals surface area contributed by atoms with Gasteiger partial charge in [0.05, 0.1) is 13.7 Å². The van der Waals surface area contributed by atoms with Crippen molar-refractivity contribution in [2.45, 2.75) is 78.5 Å². The molecule has 1 aliphatic heterocycles. The number of methoxy groups -OCH3 is 1. The van der Waals surface area contributed by atoms with Crippen molar-refractivity contribution in [2.75, 3.05) is 39.9 Å². The number of carbonyl (C=O) groups is 5. The second-order valence-electron chi connectivity index (χ2n) is 11.9. The lowest BCUT2D eigenvalue weighted by molar-refractivity contribution is -0.149. The fourth-order valence-corrected chi connectivity index (χ4v) is 4.50. The van der Waals surface area contributed by atoms with Crippen LogP contribution >= 0.6 is 0 Å². The van der Waals surface area contributed by atoms with Crippen LogP contribution in [-0.2, 0) is 23.8 Å². The Morgan fingerprint density at radius 1 is 1.10 bits per heavy atom. The van der Waals surface area contributed by atoms with Crippen LogP contribution in [-0.4, -0.2) is 97.6 Å². The summed E-state index contributed by atoms with van der Waals surface area (Å²) in [4.78, 5) is 66.7. The van der Waals surface area contributed by atoms with E-state index in [2.05, 4.69) is 5.32 Å². The van der Waals surface area contributed by atoms with E-state index in [0.717, 1.165) is 6.42 Å². The Bertz CT molecular complexity index is 1080. The molecule has 1 aromatic rings. The van der Waals surface area contributed by atoms with Gasteiger partial charge in [-0.25, -0.2) is 14.4 Å². The van der Waals surface area contributed by atoms with Crippen molar-refractivity contribution in [3.8, 4) is 0 Å². The molecule has 0 radical (unpaired) electrons. The number of nitrogens with zero attached hydrogens (tertiary/aromatic N) is 2. The monoisotopic (exact) mass is 575 g/mol. The van der Waals surface area contributed by atoms with Crippen molar-refractivity contribution in [1.82, 2.24) is 15.1 Å². The number of carbonyl (C=O) groups excluding carboxylic acids is 5. The Hall–Kier alpha value is -3.47. The first kappa shape index (κ1) is 33.7. The fraction of sp³-hybridized carbons (Fsp3) is 0.633. The minimum Gasteiger partial charge on any atom is -0.467 e. The Balaban J connectivity index is 2.19. The molecule has 0 aliphatic carbocycles. The summed E-state index contributed by atoms with van der Waals surface area (Å²) in [6.45, 7) is 12.7. The van der Waals surface area contributed by atoms with Crippen LogP contribution in [0.3, 0.4) is 0 Å². The van der Waals surface area contributed by atoms with Gasteiger partial charge in [-0.05, 0) is 51.6 Å². The molecule has 228 valence electrons. The van der Waals surface area contributed by atoms with Crippen LogP contribution in [0.1, 0.15) is 81.5 Å². The highest BCUT2D eigenvalue weighted by molar-refractivity contribution is 6.02. The number of piperazine rings is 1. The van der Waals surface area contributed by atoms with E-state index in [0.29, 0.717) is 32.2 Å². The number of aldehydes is 1. The summed E-state index contributed by atoms with van der Waals surface area (Å²) in [7, 11) is 1.28. The summed E-state index contributed by atoms with van der Waals surface area (Å²) in [5, 5.41) is 2.81. The number of nitrogens with one attached hydrogen (secondary N) is 1. The van der Waals surface area contributed by atoms with Gasteiger partial charge in [-0.3, -0.25) is 19.4 Å². The molecule has 41 heavy (non-hydrogen) atoms. The van der Waals surface area contributed by atoms with Gasteiger partial charge < -0.3 is 19.5 Å². The lowest BCUT2D eigenvalue weighted by atomic mass is 9.80. The van der Waals surface area contributed by atoms with Gasteiger partial charge in [0.1, 0.15) is 17.7 Å². The first-order valence-corrected chi connectivity index (χ1v) is 14.1. The molecular weight excluding hydrogens is 530 g/mol. The number of esters is 2. The second kappa shape index (κ2) is 15.0. The molecular formula is C30H45N3O8. The van der Waals surface area contributed by atoms with Crippen LogP contribution in [0.2, 0.25) is 0 Å². The summed E-state index contributed by atoms with van der Waals surface area (Å²) >= 11 is 0. The third-order valence-corrected chi connectivity index (χ3v) is 7.01. The Morgan fingerprint density at radius 3 is 2.39 bits per heavy atom. The standard InChI is InChI=1S/C30H45N3O8/c1-8-9-18-40-27(37)24(31-25(35)22-13-11-10-12-21(22)20-34)30(5,6)14-15-32-16-17-33(23(19-32)26(36)39-7)28(38)41-29(2,3)4/h10-13,20,23-24H,8-9,14-19H2,1-7H3,(H,31,35)/t23-,24?/m1/s1. The zero-order valence-electron chi connectivity index (χ0n) is 25.4. The normalized spacial score (nSPS) is 16.9. The van der Waals surface area contributed by atoms with Crippen LogP contribution in [0.15, 0.2) is 24.3 Å². The molecule has 2 amide bonds. The van der Waals surface area contributed by atoms with E-state index in [9.17, 15) is 24.0 Å². The predicted molar refractivity (Wildman–Crippen MR) is 153 cm³/mol. The average Bonchev–Trinajstić information content (AvgIpc) is 2.93. The molecule has 11 nitrogen and oxygen atoms in total. The van der Waals surface area contributed by atoms with Crippen molar-refractivity contribution >= 4 is 30.2 Å². The number of rotatable bonds is 12. The first-order valence-electron chi connectivity index (χ1n) is 14.1. The minimum atomic E-state index is -0.994. The van der Waals surface area contributed by atoms with Gasteiger partial charge in [0.25, 0.3) is 5.91 Å². The molecule has 11 heteroatoms. The lowest BCUT2D eigenvalue weighted by Gasteiger charge is -2.41. The number of ether oxygens (including phenoxy) is 3. The van der Waals surface area contributed by atoms with E-state index < -0.39 is 47.0 Å². The predicted octanol–water partition coefficient (Wildman–Crippen LogP) is 3.45. The SMILES string of the molecule is CCCCOC(=O)C(NC(=O)c1ccccc1C=O)C(C)(C)CCN1CCN(C(=O)OC(C)(C)C)[C@@H](C(=O)OC)C1. The van der Waals surface area contributed by atoms with Crippen molar-refractivity contribution < 1.29 is 38.2 Å². The number of amides is 2. The molecule has 0 spiro atoms. The van der Waals surface area contributed by atoms with Crippen molar-refractivity contribution in [1.29, 1.82) is 0 Å². The lowest BCUT2D eigenvalue weighted by Crippen LogP contribution is -2.60. The summed E-state index contributed by atoms with van der Waals surface area (Å²) < 4.78 is 16.0. The fourth-order valence-electron chi connectivity index (χ4n) is 4.50. The summed E-state index contributed by atoms with van der Waals surface area (Å²) in [6.07, 6.45) is 2.01. The third kappa shape index (κ3) is 9.84. The number of benzene rings is 1. The molecule has 1 N–H and O–H groups in total. The third-order valence-electron chi connectivity index (χ3n) is 7.01. The molecule has 0 bridgehead atoms.